The first-order valence-corrected chi connectivity index (χ1v) is 11.4. The Hall–Kier alpha value is -3.65. The van der Waals surface area contributed by atoms with E-state index in [9.17, 15) is 18.0 Å². The Kier molecular flexibility index (Phi) is 7.27. The second-order valence-electron chi connectivity index (χ2n) is 6.97. The Morgan fingerprint density at radius 1 is 0.906 bits per heavy atom. The summed E-state index contributed by atoms with van der Waals surface area (Å²) in [5, 5.41) is 2.77. The number of sulfonamides is 1. The van der Waals surface area contributed by atoms with Gasteiger partial charge in [-0.2, -0.15) is 0 Å². The third-order valence-corrected chi connectivity index (χ3v) is 6.55. The molecule has 0 atom stereocenters. The van der Waals surface area contributed by atoms with Crippen molar-refractivity contribution in [2.75, 3.05) is 23.3 Å². The van der Waals surface area contributed by atoms with Crippen LogP contribution < -0.4 is 9.62 Å². The van der Waals surface area contributed by atoms with Crippen LogP contribution in [0.3, 0.4) is 0 Å². The first-order valence-electron chi connectivity index (χ1n) is 10.0. The lowest BCUT2D eigenvalue weighted by atomic mass is 10.1. The molecule has 3 aromatic rings. The highest BCUT2D eigenvalue weighted by molar-refractivity contribution is 7.92. The van der Waals surface area contributed by atoms with Crippen molar-refractivity contribution in [2.45, 2.75) is 18.2 Å². The number of carbonyl (C=O) groups is 2. The van der Waals surface area contributed by atoms with Crippen molar-refractivity contribution in [1.29, 1.82) is 0 Å². The summed E-state index contributed by atoms with van der Waals surface area (Å²) >= 11 is 0. The minimum Gasteiger partial charge on any atom is -0.462 e. The average molecular weight is 453 g/mol. The van der Waals surface area contributed by atoms with E-state index in [4.69, 9.17) is 4.74 Å². The maximum absolute atomic E-state index is 12.7. The molecule has 0 aliphatic carbocycles. The van der Waals surface area contributed by atoms with Gasteiger partial charge >= 0.3 is 5.97 Å². The Labute approximate surface area is 187 Å². The Bertz CT molecular complexity index is 1180. The van der Waals surface area contributed by atoms with Gasteiger partial charge in [-0.05, 0) is 61.0 Å². The number of ether oxygens (including phenoxy) is 1. The van der Waals surface area contributed by atoms with Gasteiger partial charge in [-0.1, -0.05) is 30.3 Å². The van der Waals surface area contributed by atoms with E-state index in [1.54, 1.807) is 85.8 Å². The van der Waals surface area contributed by atoms with E-state index in [1.807, 2.05) is 0 Å². The van der Waals surface area contributed by atoms with E-state index in [0.29, 0.717) is 23.5 Å². The highest BCUT2D eigenvalue weighted by atomic mass is 32.2. The molecule has 0 aliphatic rings. The second kappa shape index (κ2) is 10.1. The Balaban J connectivity index is 1.62. The van der Waals surface area contributed by atoms with Crippen LogP contribution in [0.2, 0.25) is 0 Å². The number of nitrogens with zero attached hydrogens (tertiary/aromatic N) is 1. The highest BCUT2D eigenvalue weighted by Crippen LogP contribution is 2.22. The predicted molar refractivity (Wildman–Crippen MR) is 123 cm³/mol. The maximum atomic E-state index is 12.7. The number of anilines is 2. The third kappa shape index (κ3) is 5.53. The molecule has 7 nitrogen and oxygen atoms in total. The minimum atomic E-state index is -3.66. The van der Waals surface area contributed by atoms with Gasteiger partial charge in [-0.15, -0.1) is 0 Å². The van der Waals surface area contributed by atoms with E-state index in [1.165, 1.54) is 11.4 Å². The summed E-state index contributed by atoms with van der Waals surface area (Å²) in [5.41, 5.74) is 2.20. The summed E-state index contributed by atoms with van der Waals surface area (Å²) in [4.78, 5) is 24.3. The molecular weight excluding hydrogens is 428 g/mol. The first kappa shape index (κ1) is 23.0. The van der Waals surface area contributed by atoms with Gasteiger partial charge < -0.3 is 10.1 Å². The van der Waals surface area contributed by atoms with Gasteiger partial charge in [0.05, 0.1) is 29.2 Å². The van der Waals surface area contributed by atoms with Gasteiger partial charge in [-0.25, -0.2) is 13.2 Å². The fourth-order valence-electron chi connectivity index (χ4n) is 3.01. The first-order chi connectivity index (χ1) is 15.3. The van der Waals surface area contributed by atoms with Crippen molar-refractivity contribution < 1.29 is 22.7 Å². The molecule has 0 aliphatic heterocycles. The van der Waals surface area contributed by atoms with Crippen LogP contribution in [0.15, 0.2) is 83.8 Å². The lowest BCUT2D eigenvalue weighted by Gasteiger charge is -2.19. The van der Waals surface area contributed by atoms with Crippen molar-refractivity contribution in [3.8, 4) is 0 Å². The SMILES string of the molecule is CCOC(=O)c1ccc(NC(=O)Cc2ccc(N(C)S(=O)(=O)c3ccccc3)cc2)cc1. The van der Waals surface area contributed by atoms with Gasteiger partial charge in [0.2, 0.25) is 5.91 Å². The molecule has 1 amide bonds. The van der Waals surface area contributed by atoms with Crippen molar-refractivity contribution in [3.63, 3.8) is 0 Å². The van der Waals surface area contributed by atoms with E-state index >= 15 is 0 Å². The highest BCUT2D eigenvalue weighted by Gasteiger charge is 2.20. The topological polar surface area (TPSA) is 92.8 Å². The monoisotopic (exact) mass is 452 g/mol. The molecule has 0 heterocycles. The maximum Gasteiger partial charge on any atom is 0.338 e. The number of benzene rings is 3. The van der Waals surface area contributed by atoms with E-state index in [-0.39, 0.29) is 17.2 Å². The van der Waals surface area contributed by atoms with Gasteiger partial charge in [0.25, 0.3) is 10.0 Å². The van der Waals surface area contributed by atoms with Crippen LogP contribution in [0.5, 0.6) is 0 Å². The molecule has 0 bridgehead atoms. The lowest BCUT2D eigenvalue weighted by Crippen LogP contribution is -2.26. The summed E-state index contributed by atoms with van der Waals surface area (Å²) in [6.45, 7) is 2.03. The fraction of sp³-hybridized carbons (Fsp3) is 0.167. The molecule has 1 N–H and O–H groups in total. The number of carbonyl (C=O) groups excluding carboxylic acids is 2. The summed E-state index contributed by atoms with van der Waals surface area (Å²) in [5.74, 6) is -0.642. The van der Waals surface area contributed by atoms with Gasteiger partial charge in [0.15, 0.2) is 0 Å². The zero-order chi connectivity index (χ0) is 23.1. The molecule has 0 saturated heterocycles. The predicted octanol–water partition coefficient (Wildman–Crippen LogP) is 3.87. The van der Waals surface area contributed by atoms with E-state index < -0.39 is 16.0 Å². The molecule has 0 spiro atoms. The van der Waals surface area contributed by atoms with Crippen LogP contribution in [0.4, 0.5) is 11.4 Å². The molecule has 0 fully saturated rings. The molecular formula is C24H24N2O5S. The van der Waals surface area contributed by atoms with Crippen LogP contribution in [0.1, 0.15) is 22.8 Å². The van der Waals surface area contributed by atoms with Crippen molar-refractivity contribution in [3.05, 3.63) is 90.0 Å². The molecule has 166 valence electrons. The summed E-state index contributed by atoms with van der Waals surface area (Å²) < 4.78 is 31.6. The largest absolute Gasteiger partial charge is 0.462 e. The van der Waals surface area contributed by atoms with Crippen LogP contribution in [0.25, 0.3) is 0 Å². The summed E-state index contributed by atoms with van der Waals surface area (Å²) in [6.07, 6.45) is 0.120. The normalized spacial score (nSPS) is 10.9. The molecule has 0 unspecified atom stereocenters. The average Bonchev–Trinajstić information content (AvgIpc) is 2.80. The minimum absolute atomic E-state index is 0.120. The molecule has 32 heavy (non-hydrogen) atoms. The van der Waals surface area contributed by atoms with Crippen molar-refractivity contribution in [2.24, 2.45) is 0 Å². The zero-order valence-electron chi connectivity index (χ0n) is 17.8. The molecule has 3 rings (SSSR count). The number of hydrogen-bond acceptors (Lipinski definition) is 5. The Morgan fingerprint density at radius 3 is 2.12 bits per heavy atom. The van der Waals surface area contributed by atoms with E-state index in [0.717, 1.165) is 5.56 Å². The van der Waals surface area contributed by atoms with Crippen LogP contribution in [-0.4, -0.2) is 33.9 Å². The van der Waals surface area contributed by atoms with E-state index in [2.05, 4.69) is 5.32 Å². The summed E-state index contributed by atoms with van der Waals surface area (Å²) in [6, 6.07) is 21.4. The zero-order valence-corrected chi connectivity index (χ0v) is 18.6. The lowest BCUT2D eigenvalue weighted by molar-refractivity contribution is -0.115. The second-order valence-corrected chi connectivity index (χ2v) is 8.94. The quantitative estimate of drug-likeness (QED) is 0.524. The third-order valence-electron chi connectivity index (χ3n) is 4.75. The van der Waals surface area contributed by atoms with Gasteiger partial charge in [0, 0.05) is 12.7 Å². The molecule has 0 radical (unpaired) electrons. The molecule has 0 saturated carbocycles. The number of esters is 1. The standard InChI is InChI=1S/C24H24N2O5S/c1-3-31-24(28)19-11-13-20(14-12-19)25-23(27)17-18-9-15-21(16-10-18)26(2)32(29,30)22-7-5-4-6-8-22/h4-16H,3,17H2,1-2H3,(H,25,27). The van der Waals surface area contributed by atoms with Gasteiger partial charge in [0.1, 0.15) is 0 Å². The molecule has 3 aromatic carbocycles. The van der Waals surface area contributed by atoms with Crippen molar-refractivity contribution in [1.82, 2.24) is 0 Å². The Morgan fingerprint density at radius 2 is 1.53 bits per heavy atom. The molecule has 8 heteroatoms. The summed E-state index contributed by atoms with van der Waals surface area (Å²) in [7, 11) is -2.17. The number of amides is 1. The van der Waals surface area contributed by atoms with Crippen LogP contribution in [0, 0.1) is 0 Å². The fourth-order valence-corrected chi connectivity index (χ4v) is 4.22. The number of hydrogen-bond donors (Lipinski definition) is 1. The number of rotatable bonds is 8. The molecule has 0 aromatic heterocycles. The smallest absolute Gasteiger partial charge is 0.338 e. The van der Waals surface area contributed by atoms with Crippen molar-refractivity contribution >= 4 is 33.3 Å². The van der Waals surface area contributed by atoms with Crippen LogP contribution in [-0.2, 0) is 26.0 Å². The van der Waals surface area contributed by atoms with Gasteiger partial charge in [-0.3, -0.25) is 9.10 Å². The van der Waals surface area contributed by atoms with Crippen LogP contribution >= 0.6 is 0 Å². The number of nitrogens with one attached hydrogen (secondary N) is 1.